The summed E-state index contributed by atoms with van der Waals surface area (Å²) in [6.07, 6.45) is 2.06. The lowest BCUT2D eigenvalue weighted by Gasteiger charge is -2.11. The molecule has 2 aromatic carbocycles. The van der Waals surface area contributed by atoms with Crippen LogP contribution in [0.2, 0.25) is 0 Å². The monoisotopic (exact) mass is 435 g/mol. The Labute approximate surface area is 178 Å². The number of nitrogens with one attached hydrogen (secondary N) is 1. The van der Waals surface area contributed by atoms with E-state index in [2.05, 4.69) is 4.98 Å². The SMILES string of the molecule is N#Cc1ccccc1-c1cc(F)c(Cn2c(=O)[nH]c(=O)c3cc(C4CC4)sc32)c(F)c1. The van der Waals surface area contributed by atoms with Crippen molar-refractivity contribution in [2.75, 3.05) is 0 Å². The molecular weight excluding hydrogens is 420 g/mol. The van der Waals surface area contributed by atoms with Crippen LogP contribution in [0.1, 0.15) is 34.8 Å². The average molecular weight is 435 g/mol. The predicted octanol–water partition coefficient (Wildman–Crippen LogP) is 4.49. The first-order valence-electron chi connectivity index (χ1n) is 9.70. The maximum Gasteiger partial charge on any atom is 0.329 e. The van der Waals surface area contributed by atoms with Gasteiger partial charge in [0.05, 0.1) is 23.6 Å². The molecule has 8 heteroatoms. The van der Waals surface area contributed by atoms with E-state index in [-0.39, 0.29) is 17.7 Å². The fraction of sp³-hybridized carbons (Fsp3) is 0.174. The number of nitriles is 1. The zero-order valence-corrected chi connectivity index (χ0v) is 16.9. The van der Waals surface area contributed by atoms with Gasteiger partial charge in [-0.1, -0.05) is 18.2 Å². The van der Waals surface area contributed by atoms with Crippen LogP contribution in [0.5, 0.6) is 0 Å². The molecule has 1 saturated carbocycles. The summed E-state index contributed by atoms with van der Waals surface area (Å²) in [6.45, 7) is -0.353. The van der Waals surface area contributed by atoms with Gasteiger partial charge in [0.1, 0.15) is 16.5 Å². The highest BCUT2D eigenvalue weighted by molar-refractivity contribution is 7.18. The molecule has 31 heavy (non-hydrogen) atoms. The summed E-state index contributed by atoms with van der Waals surface area (Å²) >= 11 is 1.32. The van der Waals surface area contributed by atoms with Crippen molar-refractivity contribution in [2.24, 2.45) is 0 Å². The molecule has 1 aliphatic carbocycles. The number of aromatic nitrogens is 2. The van der Waals surface area contributed by atoms with E-state index in [4.69, 9.17) is 0 Å². The number of hydrogen-bond acceptors (Lipinski definition) is 4. The van der Waals surface area contributed by atoms with Gasteiger partial charge < -0.3 is 0 Å². The van der Waals surface area contributed by atoms with Crippen LogP contribution in [0.15, 0.2) is 52.1 Å². The number of hydrogen-bond donors (Lipinski definition) is 1. The van der Waals surface area contributed by atoms with Crippen LogP contribution < -0.4 is 11.2 Å². The lowest BCUT2D eigenvalue weighted by atomic mass is 9.98. The van der Waals surface area contributed by atoms with Crippen molar-refractivity contribution < 1.29 is 8.78 Å². The number of nitrogens with zero attached hydrogens (tertiary/aromatic N) is 2. The highest BCUT2D eigenvalue weighted by Crippen LogP contribution is 2.44. The van der Waals surface area contributed by atoms with Crippen molar-refractivity contribution in [1.29, 1.82) is 5.26 Å². The van der Waals surface area contributed by atoms with Gasteiger partial charge >= 0.3 is 5.69 Å². The standard InChI is InChI=1S/C23H15F2N3O2S/c24-18-7-14(15-4-2-1-3-13(15)10-26)8-19(25)17(18)11-28-22-16(21(29)27-23(28)30)9-20(31-22)12-5-6-12/h1-4,7-9,12H,5-6,11H2,(H,27,29,30). The third kappa shape index (κ3) is 3.37. The summed E-state index contributed by atoms with van der Waals surface area (Å²) < 4.78 is 31.1. The quantitative estimate of drug-likeness (QED) is 0.513. The summed E-state index contributed by atoms with van der Waals surface area (Å²) in [7, 11) is 0. The molecule has 1 fully saturated rings. The molecule has 2 aromatic heterocycles. The molecule has 0 bridgehead atoms. The van der Waals surface area contributed by atoms with Gasteiger partial charge in [-0.3, -0.25) is 14.3 Å². The van der Waals surface area contributed by atoms with Gasteiger partial charge in [0, 0.05) is 10.4 Å². The van der Waals surface area contributed by atoms with Crippen LogP contribution in [0.3, 0.4) is 0 Å². The van der Waals surface area contributed by atoms with Crippen LogP contribution >= 0.6 is 11.3 Å². The van der Waals surface area contributed by atoms with Crippen LogP contribution in [-0.4, -0.2) is 9.55 Å². The second kappa shape index (κ2) is 7.29. The fourth-order valence-electron chi connectivity index (χ4n) is 3.70. The minimum atomic E-state index is -0.826. The number of H-pyrrole nitrogens is 1. The Balaban J connectivity index is 1.61. The number of thiophene rings is 1. The Bertz CT molecular complexity index is 1480. The first kappa shape index (κ1) is 19.4. The second-order valence-electron chi connectivity index (χ2n) is 7.56. The molecule has 0 aliphatic heterocycles. The Hall–Kier alpha value is -3.57. The van der Waals surface area contributed by atoms with E-state index in [1.165, 1.54) is 15.9 Å². The third-order valence-corrected chi connectivity index (χ3v) is 6.80. The maximum absolute atomic E-state index is 15.0. The Morgan fingerprint density at radius 1 is 1.13 bits per heavy atom. The zero-order chi connectivity index (χ0) is 21.7. The lowest BCUT2D eigenvalue weighted by Crippen LogP contribution is -2.30. The number of benzene rings is 2. The highest BCUT2D eigenvalue weighted by Gasteiger charge is 2.27. The van der Waals surface area contributed by atoms with Crippen molar-refractivity contribution in [3.05, 3.63) is 90.9 Å². The summed E-state index contributed by atoms with van der Waals surface area (Å²) in [5.74, 6) is -1.27. The molecule has 154 valence electrons. The van der Waals surface area contributed by atoms with Gasteiger partial charge in [0.15, 0.2) is 0 Å². The fourth-order valence-corrected chi connectivity index (χ4v) is 5.02. The molecule has 0 spiro atoms. The van der Waals surface area contributed by atoms with Crippen molar-refractivity contribution in [3.63, 3.8) is 0 Å². The second-order valence-corrected chi connectivity index (χ2v) is 8.63. The predicted molar refractivity (Wildman–Crippen MR) is 114 cm³/mol. The van der Waals surface area contributed by atoms with Crippen molar-refractivity contribution in [2.45, 2.75) is 25.3 Å². The largest absolute Gasteiger partial charge is 0.329 e. The van der Waals surface area contributed by atoms with Crippen LogP contribution in [0, 0.1) is 23.0 Å². The molecule has 5 nitrogen and oxygen atoms in total. The molecule has 4 aromatic rings. The Morgan fingerprint density at radius 2 is 1.84 bits per heavy atom. The van der Waals surface area contributed by atoms with Crippen LogP contribution in [0.25, 0.3) is 21.3 Å². The molecule has 1 N–H and O–H groups in total. The maximum atomic E-state index is 15.0. The first-order chi connectivity index (χ1) is 15.0. The third-order valence-electron chi connectivity index (χ3n) is 5.48. The van der Waals surface area contributed by atoms with E-state index in [0.29, 0.717) is 27.3 Å². The number of halogens is 2. The van der Waals surface area contributed by atoms with E-state index in [0.717, 1.165) is 29.9 Å². The average Bonchev–Trinajstić information content (AvgIpc) is 3.51. The summed E-state index contributed by atoms with van der Waals surface area (Å²) in [5, 5.41) is 9.62. The lowest BCUT2D eigenvalue weighted by molar-refractivity contribution is 0.544. The normalized spacial score (nSPS) is 13.5. The van der Waals surface area contributed by atoms with E-state index in [9.17, 15) is 23.6 Å². The van der Waals surface area contributed by atoms with Gasteiger partial charge in [-0.25, -0.2) is 13.6 Å². The van der Waals surface area contributed by atoms with E-state index < -0.39 is 22.9 Å². The van der Waals surface area contributed by atoms with Crippen LogP contribution in [-0.2, 0) is 6.54 Å². The van der Waals surface area contributed by atoms with Gasteiger partial charge in [-0.15, -0.1) is 11.3 Å². The van der Waals surface area contributed by atoms with Crippen molar-refractivity contribution >= 4 is 21.6 Å². The van der Waals surface area contributed by atoms with Crippen LogP contribution in [0.4, 0.5) is 8.78 Å². The number of aromatic amines is 1. The first-order valence-corrected chi connectivity index (χ1v) is 10.5. The van der Waals surface area contributed by atoms with Gasteiger partial charge in [-0.05, 0) is 54.2 Å². The van der Waals surface area contributed by atoms with E-state index in [1.807, 2.05) is 6.07 Å². The smallest absolute Gasteiger partial charge is 0.280 e. The number of fused-ring (bicyclic) bond motifs is 1. The van der Waals surface area contributed by atoms with Gasteiger partial charge in [-0.2, -0.15) is 5.26 Å². The topological polar surface area (TPSA) is 78.7 Å². The van der Waals surface area contributed by atoms with Gasteiger partial charge in [0.25, 0.3) is 5.56 Å². The Morgan fingerprint density at radius 3 is 2.52 bits per heavy atom. The molecule has 0 amide bonds. The number of rotatable bonds is 4. The zero-order valence-electron chi connectivity index (χ0n) is 16.1. The summed E-state index contributed by atoms with van der Waals surface area (Å²) in [6, 6.07) is 12.6. The summed E-state index contributed by atoms with van der Waals surface area (Å²) in [4.78, 5) is 28.4. The Kier molecular flexibility index (Phi) is 4.56. The van der Waals surface area contributed by atoms with Gasteiger partial charge in [0.2, 0.25) is 0 Å². The molecular formula is C23H15F2N3O2S. The molecule has 2 heterocycles. The van der Waals surface area contributed by atoms with Crippen molar-refractivity contribution in [3.8, 4) is 17.2 Å². The molecule has 1 aliphatic rings. The molecule has 0 atom stereocenters. The summed E-state index contributed by atoms with van der Waals surface area (Å²) in [5.41, 5.74) is -0.524. The molecule has 0 saturated heterocycles. The minimum Gasteiger partial charge on any atom is -0.280 e. The van der Waals surface area contributed by atoms with E-state index in [1.54, 1.807) is 30.3 Å². The molecule has 5 rings (SSSR count). The van der Waals surface area contributed by atoms with E-state index >= 15 is 0 Å². The molecule has 0 unspecified atom stereocenters. The van der Waals surface area contributed by atoms with Crippen molar-refractivity contribution in [1.82, 2.24) is 9.55 Å². The molecule has 0 radical (unpaired) electrons. The minimum absolute atomic E-state index is 0.238. The highest BCUT2D eigenvalue weighted by atomic mass is 32.1.